The molecule has 2 aromatic rings. The van der Waals surface area contributed by atoms with Crippen LogP contribution in [0.2, 0.25) is 0 Å². The van der Waals surface area contributed by atoms with Crippen molar-refractivity contribution in [2.45, 2.75) is 32.4 Å². The van der Waals surface area contributed by atoms with Gasteiger partial charge in [-0.05, 0) is 37.0 Å². The maximum Gasteiger partial charge on any atom is 0.352 e. The van der Waals surface area contributed by atoms with E-state index in [2.05, 4.69) is 4.98 Å². The van der Waals surface area contributed by atoms with Crippen LogP contribution in [0.15, 0.2) is 29.1 Å². The molecule has 0 saturated carbocycles. The van der Waals surface area contributed by atoms with E-state index < -0.39 is 17.3 Å². The molecule has 0 aliphatic carbocycles. The van der Waals surface area contributed by atoms with E-state index in [1.807, 2.05) is 9.80 Å². The van der Waals surface area contributed by atoms with Crippen molar-refractivity contribution in [2.24, 2.45) is 0 Å². The van der Waals surface area contributed by atoms with Crippen LogP contribution >= 0.6 is 0 Å². The topological polar surface area (TPSA) is 67.7 Å². The SMILES string of the molecule is O=C(CN1CCCn2c1cc(OCc1ccc(F)c(F)c1)nc2=O)N1CCCC1. The monoisotopic (exact) mass is 404 g/mol. The molecule has 1 saturated heterocycles. The lowest BCUT2D eigenvalue weighted by molar-refractivity contribution is -0.128. The average molecular weight is 404 g/mol. The number of benzene rings is 1. The van der Waals surface area contributed by atoms with Crippen molar-refractivity contribution in [3.8, 4) is 5.88 Å². The summed E-state index contributed by atoms with van der Waals surface area (Å²) >= 11 is 0. The smallest absolute Gasteiger partial charge is 0.352 e. The van der Waals surface area contributed by atoms with E-state index in [-0.39, 0.29) is 24.9 Å². The number of anilines is 1. The van der Waals surface area contributed by atoms with Crippen LogP contribution in [0.1, 0.15) is 24.8 Å². The van der Waals surface area contributed by atoms with Crippen molar-refractivity contribution < 1.29 is 18.3 Å². The number of carbonyl (C=O) groups excluding carboxylic acids is 1. The highest BCUT2D eigenvalue weighted by Crippen LogP contribution is 2.23. The van der Waals surface area contributed by atoms with Gasteiger partial charge in [-0.15, -0.1) is 0 Å². The fourth-order valence-electron chi connectivity index (χ4n) is 3.73. The van der Waals surface area contributed by atoms with Gasteiger partial charge in [-0.25, -0.2) is 13.6 Å². The average Bonchev–Trinajstić information content (AvgIpc) is 3.24. The molecule has 1 amide bonds. The number of ether oxygens (including phenoxy) is 1. The number of hydrogen-bond acceptors (Lipinski definition) is 5. The molecule has 29 heavy (non-hydrogen) atoms. The molecule has 2 aliphatic rings. The molecule has 1 aromatic heterocycles. The van der Waals surface area contributed by atoms with Gasteiger partial charge in [0, 0.05) is 32.2 Å². The molecular formula is C20H22F2N4O3. The molecule has 0 unspecified atom stereocenters. The first-order valence-electron chi connectivity index (χ1n) is 9.72. The number of hydrogen-bond donors (Lipinski definition) is 0. The first kappa shape index (κ1) is 19.4. The van der Waals surface area contributed by atoms with Crippen LogP contribution in [0.25, 0.3) is 0 Å². The second-order valence-corrected chi connectivity index (χ2v) is 7.29. The second kappa shape index (κ2) is 8.18. The van der Waals surface area contributed by atoms with E-state index in [4.69, 9.17) is 4.74 Å². The molecule has 154 valence electrons. The Balaban J connectivity index is 1.51. The van der Waals surface area contributed by atoms with Crippen molar-refractivity contribution in [1.29, 1.82) is 0 Å². The van der Waals surface area contributed by atoms with Gasteiger partial charge in [0.25, 0.3) is 0 Å². The Hall–Kier alpha value is -2.97. The predicted molar refractivity (Wildman–Crippen MR) is 102 cm³/mol. The van der Waals surface area contributed by atoms with Crippen LogP contribution in [0.3, 0.4) is 0 Å². The molecule has 0 spiro atoms. The van der Waals surface area contributed by atoms with E-state index in [0.717, 1.165) is 44.5 Å². The number of rotatable bonds is 5. The van der Waals surface area contributed by atoms with Crippen molar-refractivity contribution in [3.05, 3.63) is 51.9 Å². The Morgan fingerprint density at radius 3 is 2.59 bits per heavy atom. The molecule has 3 heterocycles. The fraction of sp³-hybridized carbons (Fsp3) is 0.450. The van der Waals surface area contributed by atoms with E-state index >= 15 is 0 Å². The van der Waals surface area contributed by atoms with Crippen LogP contribution in [-0.2, 0) is 17.9 Å². The summed E-state index contributed by atoms with van der Waals surface area (Å²) in [5.74, 6) is -1.17. The number of halogens is 2. The summed E-state index contributed by atoms with van der Waals surface area (Å²) in [5, 5.41) is 0. The van der Waals surface area contributed by atoms with Gasteiger partial charge in [0.15, 0.2) is 11.6 Å². The minimum atomic E-state index is -0.962. The van der Waals surface area contributed by atoms with Gasteiger partial charge < -0.3 is 14.5 Å². The first-order chi connectivity index (χ1) is 14.0. The summed E-state index contributed by atoms with van der Waals surface area (Å²) in [5.41, 5.74) is -0.0364. The summed E-state index contributed by atoms with van der Waals surface area (Å²) in [6.45, 7) is 2.88. The van der Waals surface area contributed by atoms with E-state index in [0.29, 0.717) is 24.5 Å². The number of amides is 1. The summed E-state index contributed by atoms with van der Waals surface area (Å²) < 4.78 is 33.5. The van der Waals surface area contributed by atoms with Crippen molar-refractivity contribution in [3.63, 3.8) is 0 Å². The number of likely N-dealkylation sites (tertiary alicyclic amines) is 1. The standard InChI is InChI=1S/C20H22F2N4O3/c21-15-5-4-14(10-16(15)22)13-29-17-11-18-25(8-3-9-26(18)20(28)23-17)12-19(27)24-6-1-2-7-24/h4-5,10-11H,1-3,6-9,12-13H2. The number of nitrogens with zero attached hydrogens (tertiary/aromatic N) is 4. The molecule has 0 atom stereocenters. The normalized spacial score (nSPS) is 16.1. The quantitative estimate of drug-likeness (QED) is 0.762. The molecule has 7 nitrogen and oxygen atoms in total. The zero-order chi connectivity index (χ0) is 20.4. The third-order valence-electron chi connectivity index (χ3n) is 5.26. The van der Waals surface area contributed by atoms with Gasteiger partial charge in [-0.1, -0.05) is 6.07 Å². The van der Waals surface area contributed by atoms with Crippen LogP contribution in [0, 0.1) is 11.6 Å². The first-order valence-corrected chi connectivity index (χ1v) is 9.72. The van der Waals surface area contributed by atoms with Crippen LogP contribution < -0.4 is 15.3 Å². The highest BCUT2D eigenvalue weighted by molar-refractivity contribution is 5.81. The van der Waals surface area contributed by atoms with E-state index in [9.17, 15) is 18.4 Å². The lowest BCUT2D eigenvalue weighted by Crippen LogP contribution is -2.44. The van der Waals surface area contributed by atoms with Gasteiger partial charge in [-0.3, -0.25) is 9.36 Å². The molecule has 1 aromatic carbocycles. The van der Waals surface area contributed by atoms with Crippen molar-refractivity contribution in [1.82, 2.24) is 14.5 Å². The molecule has 4 rings (SSSR count). The largest absolute Gasteiger partial charge is 0.473 e. The lowest BCUT2D eigenvalue weighted by Gasteiger charge is -2.32. The van der Waals surface area contributed by atoms with Crippen LogP contribution in [-0.4, -0.2) is 46.5 Å². The van der Waals surface area contributed by atoms with Gasteiger partial charge in [0.05, 0.1) is 6.54 Å². The Labute approximate surface area is 166 Å². The molecule has 0 bridgehead atoms. The highest BCUT2D eigenvalue weighted by Gasteiger charge is 2.25. The molecular weight excluding hydrogens is 382 g/mol. The van der Waals surface area contributed by atoms with Gasteiger partial charge in [0.1, 0.15) is 12.4 Å². The zero-order valence-corrected chi connectivity index (χ0v) is 15.9. The highest BCUT2D eigenvalue weighted by atomic mass is 19.2. The Morgan fingerprint density at radius 2 is 1.83 bits per heavy atom. The summed E-state index contributed by atoms with van der Waals surface area (Å²) in [4.78, 5) is 32.6. The molecule has 9 heteroatoms. The fourth-order valence-corrected chi connectivity index (χ4v) is 3.73. The Kier molecular flexibility index (Phi) is 5.46. The zero-order valence-electron chi connectivity index (χ0n) is 15.9. The molecule has 0 radical (unpaired) electrons. The van der Waals surface area contributed by atoms with E-state index in [1.54, 1.807) is 6.07 Å². The minimum Gasteiger partial charge on any atom is -0.473 e. The molecule has 2 aliphatic heterocycles. The summed E-state index contributed by atoms with van der Waals surface area (Å²) in [7, 11) is 0. The van der Waals surface area contributed by atoms with E-state index in [1.165, 1.54) is 10.6 Å². The van der Waals surface area contributed by atoms with Gasteiger partial charge in [-0.2, -0.15) is 4.98 Å². The maximum atomic E-state index is 13.4. The summed E-state index contributed by atoms with van der Waals surface area (Å²) in [6.07, 6.45) is 2.79. The third kappa shape index (κ3) is 4.23. The second-order valence-electron chi connectivity index (χ2n) is 7.29. The predicted octanol–water partition coefficient (Wildman–Crippen LogP) is 1.93. The lowest BCUT2D eigenvalue weighted by atomic mass is 10.2. The molecule has 0 N–H and O–H groups in total. The Morgan fingerprint density at radius 1 is 1.03 bits per heavy atom. The van der Waals surface area contributed by atoms with Crippen LogP contribution in [0.5, 0.6) is 5.88 Å². The van der Waals surface area contributed by atoms with Crippen molar-refractivity contribution >= 4 is 11.7 Å². The minimum absolute atomic E-state index is 0.0458. The van der Waals surface area contributed by atoms with Crippen LogP contribution in [0.4, 0.5) is 14.6 Å². The third-order valence-corrected chi connectivity index (χ3v) is 5.26. The molecule has 1 fully saturated rings. The van der Waals surface area contributed by atoms with Crippen molar-refractivity contribution in [2.75, 3.05) is 31.1 Å². The maximum absolute atomic E-state index is 13.4. The number of aromatic nitrogens is 2. The van der Waals surface area contributed by atoms with Gasteiger partial charge >= 0.3 is 5.69 Å². The Bertz CT molecular complexity index is 973. The van der Waals surface area contributed by atoms with Gasteiger partial charge in [0.2, 0.25) is 11.8 Å². The number of fused-ring (bicyclic) bond motifs is 1. The summed E-state index contributed by atoms with van der Waals surface area (Å²) in [6, 6.07) is 5.10. The number of carbonyl (C=O) groups is 1.